The number of rotatable bonds is 2. The first-order valence-electron chi connectivity index (χ1n) is 7.68. The number of nitrogens with zero attached hydrogens (tertiary/aromatic N) is 1. The quantitative estimate of drug-likeness (QED) is 0.862. The lowest BCUT2D eigenvalue weighted by atomic mass is 9.92. The first-order chi connectivity index (χ1) is 11.5. The molecule has 1 fully saturated rings. The van der Waals surface area contributed by atoms with Crippen LogP contribution in [0.5, 0.6) is 0 Å². The average Bonchev–Trinajstić information content (AvgIpc) is 3.06. The van der Waals surface area contributed by atoms with Crippen LogP contribution in [-0.2, 0) is 23.3 Å². The summed E-state index contributed by atoms with van der Waals surface area (Å²) in [5, 5.41) is 2.76. The fraction of sp³-hybridized carbons (Fsp3) is 0.222. The first kappa shape index (κ1) is 14.8. The maximum Gasteiger partial charge on any atom is 0.325 e. The molecule has 4 rings (SSSR count). The van der Waals surface area contributed by atoms with Crippen LogP contribution in [0.4, 0.5) is 13.6 Å². The second-order valence-corrected chi connectivity index (χ2v) is 6.10. The van der Waals surface area contributed by atoms with Gasteiger partial charge in [0.25, 0.3) is 5.91 Å². The molecule has 0 bridgehead atoms. The maximum atomic E-state index is 13.9. The third-order valence-electron chi connectivity index (χ3n) is 4.78. The minimum atomic E-state index is -1.09. The number of fused-ring (bicyclic) bond motifs is 2. The fourth-order valence-electron chi connectivity index (χ4n) is 3.57. The molecule has 24 heavy (non-hydrogen) atoms. The van der Waals surface area contributed by atoms with Gasteiger partial charge in [-0.2, -0.15) is 0 Å². The molecule has 3 amide bonds. The molecule has 0 saturated carbocycles. The van der Waals surface area contributed by atoms with Crippen molar-refractivity contribution in [2.75, 3.05) is 0 Å². The van der Waals surface area contributed by atoms with Crippen molar-refractivity contribution in [1.82, 2.24) is 10.2 Å². The SMILES string of the molecule is O=C1N[C@@]2(CCc3ccccc32)C(=O)N1Cc1cccc(F)c1F. The molecule has 1 N–H and O–H groups in total. The van der Waals surface area contributed by atoms with Crippen LogP contribution in [0.25, 0.3) is 0 Å². The molecule has 2 aromatic carbocycles. The van der Waals surface area contributed by atoms with Crippen molar-refractivity contribution in [3.05, 3.63) is 70.8 Å². The van der Waals surface area contributed by atoms with Crippen LogP contribution in [0.15, 0.2) is 42.5 Å². The fourth-order valence-corrected chi connectivity index (χ4v) is 3.57. The minimum Gasteiger partial charge on any atom is -0.319 e. The summed E-state index contributed by atoms with van der Waals surface area (Å²) in [6.07, 6.45) is 1.16. The first-order valence-corrected chi connectivity index (χ1v) is 7.68. The van der Waals surface area contributed by atoms with Crippen LogP contribution >= 0.6 is 0 Å². The molecule has 0 radical (unpaired) electrons. The zero-order chi connectivity index (χ0) is 16.9. The molecular formula is C18H14F2N2O2. The molecule has 2 aliphatic rings. The summed E-state index contributed by atoms with van der Waals surface area (Å²) in [4.78, 5) is 26.2. The molecule has 1 atom stereocenters. The molecule has 4 nitrogen and oxygen atoms in total. The van der Waals surface area contributed by atoms with E-state index in [-0.39, 0.29) is 12.1 Å². The predicted molar refractivity (Wildman–Crippen MR) is 81.9 cm³/mol. The standard InChI is InChI=1S/C18H14F2N2O2/c19-14-7-3-5-12(15(14)20)10-22-16(23)18(21-17(22)24)9-8-11-4-1-2-6-13(11)18/h1-7H,8-10H2,(H,21,24)/t18-/m1/s1. The van der Waals surface area contributed by atoms with Crippen molar-refractivity contribution in [2.45, 2.75) is 24.9 Å². The van der Waals surface area contributed by atoms with Crippen LogP contribution < -0.4 is 5.32 Å². The number of urea groups is 1. The van der Waals surface area contributed by atoms with Crippen molar-refractivity contribution in [3.63, 3.8) is 0 Å². The minimum absolute atomic E-state index is 0.0261. The van der Waals surface area contributed by atoms with E-state index in [1.807, 2.05) is 24.3 Å². The zero-order valence-corrected chi connectivity index (χ0v) is 12.7. The number of amides is 3. The van der Waals surface area contributed by atoms with Crippen LogP contribution in [0.1, 0.15) is 23.1 Å². The van der Waals surface area contributed by atoms with E-state index >= 15 is 0 Å². The lowest BCUT2D eigenvalue weighted by molar-refractivity contribution is -0.132. The lowest BCUT2D eigenvalue weighted by Gasteiger charge is -2.22. The Kier molecular flexibility index (Phi) is 3.16. The van der Waals surface area contributed by atoms with Gasteiger partial charge in [-0.3, -0.25) is 9.69 Å². The molecular weight excluding hydrogens is 314 g/mol. The number of carbonyl (C=O) groups is 2. The zero-order valence-electron chi connectivity index (χ0n) is 12.7. The number of benzene rings is 2. The summed E-state index contributed by atoms with van der Waals surface area (Å²) in [5.41, 5.74) is 0.689. The number of hydrogen-bond acceptors (Lipinski definition) is 2. The second kappa shape index (κ2) is 5.12. The van der Waals surface area contributed by atoms with E-state index in [0.717, 1.165) is 22.1 Å². The van der Waals surface area contributed by atoms with E-state index in [9.17, 15) is 18.4 Å². The lowest BCUT2D eigenvalue weighted by Crippen LogP contribution is -2.41. The Bertz CT molecular complexity index is 868. The summed E-state index contributed by atoms with van der Waals surface area (Å²) in [6, 6.07) is 10.6. The third-order valence-corrected chi connectivity index (χ3v) is 4.78. The van der Waals surface area contributed by atoms with Gasteiger partial charge < -0.3 is 5.32 Å². The topological polar surface area (TPSA) is 49.4 Å². The highest BCUT2D eigenvalue weighted by molar-refractivity contribution is 6.08. The molecule has 1 heterocycles. The van der Waals surface area contributed by atoms with Crippen molar-refractivity contribution in [3.8, 4) is 0 Å². The summed E-state index contributed by atoms with van der Waals surface area (Å²) < 4.78 is 27.2. The monoisotopic (exact) mass is 328 g/mol. The van der Waals surface area contributed by atoms with Gasteiger partial charge in [0.15, 0.2) is 11.6 Å². The molecule has 1 saturated heterocycles. The van der Waals surface area contributed by atoms with Gasteiger partial charge in [-0.15, -0.1) is 0 Å². The van der Waals surface area contributed by atoms with E-state index in [2.05, 4.69) is 5.32 Å². The van der Waals surface area contributed by atoms with Gasteiger partial charge in [-0.25, -0.2) is 13.6 Å². The smallest absolute Gasteiger partial charge is 0.319 e. The van der Waals surface area contributed by atoms with Gasteiger partial charge in [0.2, 0.25) is 0 Å². The van der Waals surface area contributed by atoms with Crippen LogP contribution in [0.3, 0.4) is 0 Å². The molecule has 0 unspecified atom stereocenters. The van der Waals surface area contributed by atoms with E-state index in [4.69, 9.17) is 0 Å². The van der Waals surface area contributed by atoms with Crippen molar-refractivity contribution < 1.29 is 18.4 Å². The Morgan fingerprint density at radius 1 is 1.08 bits per heavy atom. The van der Waals surface area contributed by atoms with Gasteiger partial charge in [0, 0.05) is 5.56 Å². The molecule has 1 spiro atoms. The van der Waals surface area contributed by atoms with Gasteiger partial charge in [-0.1, -0.05) is 36.4 Å². The van der Waals surface area contributed by atoms with Gasteiger partial charge in [0.05, 0.1) is 6.54 Å². The Morgan fingerprint density at radius 2 is 1.88 bits per heavy atom. The van der Waals surface area contributed by atoms with Gasteiger partial charge in [-0.05, 0) is 30.0 Å². The van der Waals surface area contributed by atoms with Crippen molar-refractivity contribution in [1.29, 1.82) is 0 Å². The molecule has 1 aliphatic carbocycles. The van der Waals surface area contributed by atoms with Crippen LogP contribution in [-0.4, -0.2) is 16.8 Å². The molecule has 122 valence electrons. The molecule has 0 aromatic heterocycles. The average molecular weight is 328 g/mol. The number of aryl methyl sites for hydroxylation is 1. The summed E-state index contributed by atoms with van der Waals surface area (Å²) >= 11 is 0. The highest BCUT2D eigenvalue weighted by Crippen LogP contribution is 2.41. The van der Waals surface area contributed by atoms with E-state index in [0.29, 0.717) is 12.8 Å². The second-order valence-electron chi connectivity index (χ2n) is 6.10. The number of hydrogen-bond donors (Lipinski definition) is 1. The third kappa shape index (κ3) is 1.95. The van der Waals surface area contributed by atoms with E-state index in [1.54, 1.807) is 0 Å². The Morgan fingerprint density at radius 3 is 2.71 bits per heavy atom. The predicted octanol–water partition coefficient (Wildman–Crippen LogP) is 2.86. The largest absolute Gasteiger partial charge is 0.325 e. The van der Waals surface area contributed by atoms with E-state index in [1.165, 1.54) is 12.1 Å². The highest BCUT2D eigenvalue weighted by atomic mass is 19.2. The van der Waals surface area contributed by atoms with Crippen molar-refractivity contribution >= 4 is 11.9 Å². The van der Waals surface area contributed by atoms with E-state index < -0.39 is 29.1 Å². The normalized spacial score (nSPS) is 22.2. The van der Waals surface area contributed by atoms with Gasteiger partial charge >= 0.3 is 6.03 Å². The number of nitrogens with one attached hydrogen (secondary N) is 1. The molecule has 1 aliphatic heterocycles. The summed E-state index contributed by atoms with van der Waals surface area (Å²) in [5.74, 6) is -2.45. The summed E-state index contributed by atoms with van der Waals surface area (Å²) in [7, 11) is 0. The van der Waals surface area contributed by atoms with Crippen molar-refractivity contribution in [2.24, 2.45) is 0 Å². The Hall–Kier alpha value is -2.76. The maximum absolute atomic E-state index is 13.9. The Labute approximate surface area is 137 Å². The molecule has 6 heteroatoms. The Balaban J connectivity index is 1.69. The number of imide groups is 1. The molecule has 2 aromatic rings. The number of carbonyl (C=O) groups excluding carboxylic acids is 2. The van der Waals surface area contributed by atoms with Crippen LogP contribution in [0, 0.1) is 11.6 Å². The van der Waals surface area contributed by atoms with Gasteiger partial charge in [0.1, 0.15) is 5.54 Å². The highest BCUT2D eigenvalue weighted by Gasteiger charge is 2.55. The van der Waals surface area contributed by atoms with Crippen LogP contribution in [0.2, 0.25) is 0 Å². The summed E-state index contributed by atoms with van der Waals surface area (Å²) in [6.45, 7) is -0.293. The number of halogens is 2.